The molecule has 7 nitrogen and oxygen atoms in total. The molecule has 1 aromatic rings. The van der Waals surface area contributed by atoms with Gasteiger partial charge in [-0.25, -0.2) is 0 Å². The topological polar surface area (TPSA) is 72.0 Å². The van der Waals surface area contributed by atoms with Gasteiger partial charge in [-0.3, -0.25) is 9.79 Å². The second-order valence-electron chi connectivity index (χ2n) is 7.68. The number of halogens is 1. The molecular weight excluding hydrogens is 479 g/mol. The smallest absolute Gasteiger partial charge is 0.225 e. The van der Waals surface area contributed by atoms with E-state index in [2.05, 4.69) is 45.8 Å². The van der Waals surface area contributed by atoms with Gasteiger partial charge in [0.1, 0.15) is 0 Å². The zero-order valence-electron chi connectivity index (χ0n) is 17.6. The van der Waals surface area contributed by atoms with Crippen molar-refractivity contribution in [3.63, 3.8) is 0 Å². The van der Waals surface area contributed by atoms with Crippen LogP contribution in [0, 0.1) is 0 Å². The first kappa shape index (κ1) is 23.9. The zero-order valence-corrected chi connectivity index (χ0v) is 19.9. The van der Waals surface area contributed by atoms with E-state index in [4.69, 9.17) is 4.99 Å². The molecule has 162 valence electrons. The van der Waals surface area contributed by atoms with Crippen molar-refractivity contribution in [2.75, 3.05) is 64.7 Å². The van der Waals surface area contributed by atoms with Crippen LogP contribution in [-0.4, -0.2) is 81.1 Å². The first-order chi connectivity index (χ1) is 13.7. The third-order valence-corrected chi connectivity index (χ3v) is 5.45. The summed E-state index contributed by atoms with van der Waals surface area (Å²) in [5, 5.41) is 9.74. The molecule has 0 bridgehead atoms. The Balaban J connectivity index is 0.00000300. The Bertz CT molecular complexity index is 683. The molecule has 1 amide bonds. The molecule has 29 heavy (non-hydrogen) atoms. The minimum absolute atomic E-state index is 0. The number of para-hydroxylation sites is 1. The predicted octanol–water partition coefficient (Wildman–Crippen LogP) is 1.92. The summed E-state index contributed by atoms with van der Waals surface area (Å²) < 4.78 is 0. The quantitative estimate of drug-likeness (QED) is 0.308. The van der Waals surface area contributed by atoms with Gasteiger partial charge in [0.05, 0.1) is 6.54 Å². The Morgan fingerprint density at radius 3 is 2.86 bits per heavy atom. The number of amides is 1. The number of hydrogen-bond acceptors (Lipinski definition) is 4. The lowest BCUT2D eigenvalue weighted by atomic mass is 9.91. The Kier molecular flexibility index (Phi) is 10.2. The van der Waals surface area contributed by atoms with E-state index >= 15 is 0 Å². The Labute approximate surface area is 191 Å². The fourth-order valence-corrected chi connectivity index (χ4v) is 3.86. The molecule has 2 aliphatic rings. The molecule has 3 N–H and O–H groups in total. The number of anilines is 1. The van der Waals surface area contributed by atoms with Crippen LogP contribution >= 0.6 is 24.0 Å². The maximum absolute atomic E-state index is 12.0. The molecule has 2 heterocycles. The van der Waals surface area contributed by atoms with Crippen molar-refractivity contribution in [3.8, 4) is 0 Å². The standard InChI is InChI=1S/C21H34N6O.HI/c1-3-22-21(23-9-12-27-11-6-10-26(2)13-14-27)24-16-17-15-20(28)25-19-8-5-4-7-18(17)19;/h4-5,7-8,17H,3,6,9-16H2,1-2H3,(H,25,28)(H2,22,23,24);1H. The number of fused-ring (bicyclic) bond motifs is 1. The average Bonchev–Trinajstić information content (AvgIpc) is 2.90. The Hall–Kier alpha value is -1.39. The lowest BCUT2D eigenvalue weighted by Crippen LogP contribution is -2.42. The van der Waals surface area contributed by atoms with Crippen LogP contribution in [0.4, 0.5) is 5.69 Å². The second-order valence-corrected chi connectivity index (χ2v) is 7.68. The highest BCUT2D eigenvalue weighted by Crippen LogP contribution is 2.31. The number of hydrogen-bond donors (Lipinski definition) is 3. The largest absolute Gasteiger partial charge is 0.357 e. The van der Waals surface area contributed by atoms with Gasteiger partial charge in [-0.1, -0.05) is 18.2 Å². The number of benzene rings is 1. The summed E-state index contributed by atoms with van der Waals surface area (Å²) in [6, 6.07) is 8.03. The molecule has 1 unspecified atom stereocenters. The minimum atomic E-state index is 0. The molecule has 0 saturated carbocycles. The third kappa shape index (κ3) is 7.42. The monoisotopic (exact) mass is 514 g/mol. The maximum Gasteiger partial charge on any atom is 0.225 e. The molecule has 3 rings (SSSR count). The molecule has 1 aromatic carbocycles. The molecule has 1 saturated heterocycles. The molecule has 0 aliphatic carbocycles. The number of nitrogens with zero attached hydrogens (tertiary/aromatic N) is 3. The SMILES string of the molecule is CCNC(=NCC1CC(=O)Nc2ccccc21)NCCN1CCCN(C)CC1.I. The Morgan fingerprint density at radius 2 is 2.03 bits per heavy atom. The van der Waals surface area contributed by atoms with Gasteiger partial charge >= 0.3 is 0 Å². The number of guanidine groups is 1. The van der Waals surface area contributed by atoms with Crippen LogP contribution < -0.4 is 16.0 Å². The number of rotatable bonds is 6. The highest BCUT2D eigenvalue weighted by atomic mass is 127. The number of aliphatic imine (C=N–C) groups is 1. The molecule has 0 spiro atoms. The molecular formula is C21H35IN6O. The summed E-state index contributed by atoms with van der Waals surface area (Å²) in [6.45, 7) is 10.0. The van der Waals surface area contributed by atoms with Crippen LogP contribution in [0.25, 0.3) is 0 Å². The second kappa shape index (κ2) is 12.3. The van der Waals surface area contributed by atoms with Gasteiger partial charge < -0.3 is 25.8 Å². The van der Waals surface area contributed by atoms with Crippen molar-refractivity contribution in [3.05, 3.63) is 29.8 Å². The minimum Gasteiger partial charge on any atom is -0.357 e. The summed E-state index contributed by atoms with van der Waals surface area (Å²) in [5.74, 6) is 1.03. The first-order valence-electron chi connectivity index (χ1n) is 10.5. The van der Waals surface area contributed by atoms with Gasteiger partial charge in [0.15, 0.2) is 5.96 Å². The van der Waals surface area contributed by atoms with Crippen LogP contribution in [0.1, 0.15) is 31.2 Å². The van der Waals surface area contributed by atoms with E-state index in [1.807, 2.05) is 18.2 Å². The maximum atomic E-state index is 12.0. The van der Waals surface area contributed by atoms with Crippen molar-refractivity contribution in [2.24, 2.45) is 4.99 Å². The fourth-order valence-electron chi connectivity index (χ4n) is 3.86. The molecule has 0 radical (unpaired) electrons. The van der Waals surface area contributed by atoms with Crippen LogP contribution in [0.3, 0.4) is 0 Å². The van der Waals surface area contributed by atoms with Gasteiger partial charge in [0, 0.05) is 50.7 Å². The van der Waals surface area contributed by atoms with E-state index in [0.29, 0.717) is 13.0 Å². The van der Waals surface area contributed by atoms with Crippen LogP contribution in [-0.2, 0) is 4.79 Å². The molecule has 8 heteroatoms. The predicted molar refractivity (Wildman–Crippen MR) is 130 cm³/mol. The van der Waals surface area contributed by atoms with Crippen molar-refractivity contribution in [1.29, 1.82) is 0 Å². The van der Waals surface area contributed by atoms with E-state index < -0.39 is 0 Å². The molecule has 1 atom stereocenters. The van der Waals surface area contributed by atoms with Gasteiger partial charge in [0.25, 0.3) is 0 Å². The molecule has 1 fully saturated rings. The fraction of sp³-hybridized carbons (Fsp3) is 0.619. The van der Waals surface area contributed by atoms with E-state index in [-0.39, 0.29) is 35.8 Å². The van der Waals surface area contributed by atoms with Gasteiger partial charge in [-0.15, -0.1) is 24.0 Å². The van der Waals surface area contributed by atoms with Crippen molar-refractivity contribution >= 4 is 41.5 Å². The highest BCUT2D eigenvalue weighted by Gasteiger charge is 2.24. The zero-order chi connectivity index (χ0) is 19.8. The summed E-state index contributed by atoms with van der Waals surface area (Å²) >= 11 is 0. The van der Waals surface area contributed by atoms with Crippen LogP contribution in [0.15, 0.2) is 29.3 Å². The van der Waals surface area contributed by atoms with E-state index in [9.17, 15) is 4.79 Å². The van der Waals surface area contributed by atoms with Crippen LogP contribution in [0.2, 0.25) is 0 Å². The Morgan fingerprint density at radius 1 is 1.21 bits per heavy atom. The summed E-state index contributed by atoms with van der Waals surface area (Å²) in [4.78, 5) is 21.7. The first-order valence-corrected chi connectivity index (χ1v) is 10.5. The van der Waals surface area contributed by atoms with Gasteiger partial charge in [-0.05, 0) is 45.1 Å². The highest BCUT2D eigenvalue weighted by molar-refractivity contribution is 14.0. The van der Waals surface area contributed by atoms with Gasteiger partial charge in [0.2, 0.25) is 5.91 Å². The number of nitrogens with one attached hydrogen (secondary N) is 3. The summed E-state index contributed by atoms with van der Waals surface area (Å²) in [7, 11) is 2.20. The van der Waals surface area contributed by atoms with Crippen LogP contribution in [0.5, 0.6) is 0 Å². The number of likely N-dealkylation sites (N-methyl/N-ethyl adjacent to an activating group) is 1. The van der Waals surface area contributed by atoms with E-state index in [1.54, 1.807) is 0 Å². The lowest BCUT2D eigenvalue weighted by molar-refractivity contribution is -0.116. The van der Waals surface area contributed by atoms with Crippen molar-refractivity contribution < 1.29 is 4.79 Å². The molecule has 0 aromatic heterocycles. The van der Waals surface area contributed by atoms with E-state index in [1.165, 1.54) is 18.5 Å². The normalized spacial score (nSPS) is 20.8. The van der Waals surface area contributed by atoms with Crippen molar-refractivity contribution in [1.82, 2.24) is 20.4 Å². The van der Waals surface area contributed by atoms with Gasteiger partial charge in [-0.2, -0.15) is 0 Å². The number of carbonyl (C=O) groups is 1. The average molecular weight is 514 g/mol. The summed E-state index contributed by atoms with van der Waals surface area (Å²) in [6.07, 6.45) is 1.72. The third-order valence-electron chi connectivity index (χ3n) is 5.45. The van der Waals surface area contributed by atoms with E-state index in [0.717, 1.165) is 50.9 Å². The molecule has 2 aliphatic heterocycles. The van der Waals surface area contributed by atoms with Crippen molar-refractivity contribution in [2.45, 2.75) is 25.7 Å². The number of carbonyl (C=O) groups excluding carboxylic acids is 1. The summed E-state index contributed by atoms with van der Waals surface area (Å²) in [5.41, 5.74) is 2.10. The lowest BCUT2D eigenvalue weighted by Gasteiger charge is -2.25.